The summed E-state index contributed by atoms with van der Waals surface area (Å²) in [6, 6.07) is 6.04. The van der Waals surface area contributed by atoms with Crippen LogP contribution in [0.3, 0.4) is 0 Å². The van der Waals surface area contributed by atoms with Gasteiger partial charge in [-0.25, -0.2) is 0 Å². The van der Waals surface area contributed by atoms with Crippen molar-refractivity contribution in [3.63, 3.8) is 0 Å². The first-order valence-corrected chi connectivity index (χ1v) is 7.74. The summed E-state index contributed by atoms with van der Waals surface area (Å²) in [6.07, 6.45) is 11.0. The summed E-state index contributed by atoms with van der Waals surface area (Å²) >= 11 is 0. The molecule has 0 atom stereocenters. The van der Waals surface area contributed by atoms with E-state index in [1.165, 1.54) is 24.1 Å². The van der Waals surface area contributed by atoms with Gasteiger partial charge in [-0.05, 0) is 55.5 Å². The number of allylic oxidation sites excluding steroid dienone is 2. The molecular formula is C18H20ClN3O. The van der Waals surface area contributed by atoms with Crippen LogP contribution in [0.4, 0.5) is 0 Å². The van der Waals surface area contributed by atoms with Gasteiger partial charge < -0.3 is 14.7 Å². The van der Waals surface area contributed by atoms with Crippen molar-refractivity contribution in [3.8, 4) is 17.1 Å². The van der Waals surface area contributed by atoms with E-state index >= 15 is 0 Å². The molecule has 0 saturated heterocycles. The van der Waals surface area contributed by atoms with Gasteiger partial charge in [0.15, 0.2) is 0 Å². The quantitative estimate of drug-likeness (QED) is 0.839. The summed E-state index contributed by atoms with van der Waals surface area (Å²) in [7, 11) is 1.70. The lowest BCUT2D eigenvalue weighted by Crippen LogP contribution is -2.05. The summed E-state index contributed by atoms with van der Waals surface area (Å²) in [4.78, 5) is 11.4. The number of hydrogen-bond acceptors (Lipinski definition) is 2. The Morgan fingerprint density at radius 1 is 1.22 bits per heavy atom. The second kappa shape index (κ2) is 6.50. The molecule has 1 aliphatic heterocycles. The molecule has 1 saturated carbocycles. The van der Waals surface area contributed by atoms with Crippen LogP contribution in [0.5, 0.6) is 5.75 Å². The number of aromatic amines is 2. The summed E-state index contributed by atoms with van der Waals surface area (Å²) < 4.78 is 5.49. The van der Waals surface area contributed by atoms with E-state index in [0.29, 0.717) is 0 Å². The van der Waals surface area contributed by atoms with Crippen molar-refractivity contribution < 1.29 is 4.74 Å². The highest BCUT2D eigenvalue weighted by atomic mass is 35.5. The number of rotatable bonds is 3. The summed E-state index contributed by atoms with van der Waals surface area (Å²) in [5.41, 5.74) is 6.73. The zero-order valence-electron chi connectivity index (χ0n) is 13.1. The van der Waals surface area contributed by atoms with Crippen LogP contribution in [0.25, 0.3) is 17.5 Å². The van der Waals surface area contributed by atoms with E-state index in [1.54, 1.807) is 7.11 Å². The Morgan fingerprint density at radius 2 is 2.09 bits per heavy atom. The third kappa shape index (κ3) is 2.99. The molecule has 0 radical (unpaired) electrons. The highest BCUT2D eigenvalue weighted by Crippen LogP contribution is 2.32. The number of H-pyrrole nitrogens is 2. The van der Waals surface area contributed by atoms with Gasteiger partial charge in [0.25, 0.3) is 0 Å². The topological polar surface area (TPSA) is 53.2 Å². The molecule has 0 aromatic carbocycles. The molecule has 120 valence electrons. The SMILES string of the molecule is COc1cc(-c2ccc[nH]2)[nH]c1C=C1C=C2CCCCC2=N1.Cl. The average Bonchev–Trinajstić information content (AvgIpc) is 3.26. The van der Waals surface area contributed by atoms with Gasteiger partial charge in [-0.2, -0.15) is 0 Å². The highest BCUT2D eigenvalue weighted by Gasteiger charge is 2.19. The predicted octanol–water partition coefficient (Wildman–Crippen LogP) is 4.74. The first kappa shape index (κ1) is 15.7. The second-order valence-corrected chi connectivity index (χ2v) is 5.75. The Kier molecular flexibility index (Phi) is 4.44. The van der Waals surface area contributed by atoms with Crippen molar-refractivity contribution in [2.75, 3.05) is 7.11 Å². The lowest BCUT2D eigenvalue weighted by molar-refractivity contribution is 0.414. The zero-order valence-corrected chi connectivity index (χ0v) is 13.9. The summed E-state index contributed by atoms with van der Waals surface area (Å²) in [5, 5.41) is 0. The minimum absolute atomic E-state index is 0. The normalized spacial score (nSPS) is 18.2. The lowest BCUT2D eigenvalue weighted by Gasteiger charge is -2.11. The smallest absolute Gasteiger partial charge is 0.144 e. The van der Waals surface area contributed by atoms with Gasteiger partial charge in [-0.3, -0.25) is 4.99 Å². The van der Waals surface area contributed by atoms with Crippen molar-refractivity contribution in [2.45, 2.75) is 25.7 Å². The zero-order chi connectivity index (χ0) is 14.9. The summed E-state index contributed by atoms with van der Waals surface area (Å²) in [5.74, 6) is 0.838. The maximum absolute atomic E-state index is 5.49. The molecule has 1 aliphatic carbocycles. The molecule has 2 aliphatic rings. The molecule has 3 heterocycles. The summed E-state index contributed by atoms with van der Waals surface area (Å²) in [6.45, 7) is 0. The fourth-order valence-corrected chi connectivity index (χ4v) is 3.16. The number of aromatic nitrogens is 2. The fraction of sp³-hybridized carbons (Fsp3) is 0.278. The van der Waals surface area contributed by atoms with Crippen LogP contribution >= 0.6 is 12.4 Å². The molecule has 4 nitrogen and oxygen atoms in total. The Morgan fingerprint density at radius 3 is 2.83 bits per heavy atom. The first-order valence-electron chi connectivity index (χ1n) is 7.74. The molecule has 2 aromatic rings. The van der Waals surface area contributed by atoms with Gasteiger partial charge in [-0.15, -0.1) is 12.4 Å². The van der Waals surface area contributed by atoms with Crippen LogP contribution < -0.4 is 4.74 Å². The highest BCUT2D eigenvalue weighted by molar-refractivity contribution is 6.04. The third-order valence-corrected chi connectivity index (χ3v) is 4.28. The van der Waals surface area contributed by atoms with Crippen LogP contribution in [0.2, 0.25) is 0 Å². The van der Waals surface area contributed by atoms with Gasteiger partial charge in [0.2, 0.25) is 0 Å². The van der Waals surface area contributed by atoms with Gasteiger partial charge >= 0.3 is 0 Å². The monoisotopic (exact) mass is 329 g/mol. The molecular weight excluding hydrogens is 310 g/mol. The van der Waals surface area contributed by atoms with E-state index in [2.05, 4.69) is 22.1 Å². The Hall–Kier alpha value is -2.20. The molecule has 2 aromatic heterocycles. The van der Waals surface area contributed by atoms with Gasteiger partial charge in [0, 0.05) is 18.0 Å². The molecule has 2 N–H and O–H groups in total. The Bertz CT molecular complexity index is 757. The number of methoxy groups -OCH3 is 1. The van der Waals surface area contributed by atoms with Crippen molar-refractivity contribution >= 4 is 24.2 Å². The van der Waals surface area contributed by atoms with E-state index < -0.39 is 0 Å². The molecule has 4 rings (SSSR count). The lowest BCUT2D eigenvalue weighted by atomic mass is 9.94. The average molecular weight is 330 g/mol. The predicted molar refractivity (Wildman–Crippen MR) is 96.3 cm³/mol. The van der Waals surface area contributed by atoms with E-state index in [0.717, 1.165) is 41.4 Å². The van der Waals surface area contributed by atoms with Crippen molar-refractivity contribution in [1.82, 2.24) is 9.97 Å². The van der Waals surface area contributed by atoms with E-state index in [9.17, 15) is 0 Å². The Balaban J connectivity index is 0.00000156. The Labute approximate surface area is 141 Å². The molecule has 5 heteroatoms. The minimum Gasteiger partial charge on any atom is -0.494 e. The molecule has 0 bridgehead atoms. The number of fused-ring (bicyclic) bond motifs is 1. The first-order chi connectivity index (χ1) is 10.8. The fourth-order valence-electron chi connectivity index (χ4n) is 3.16. The van der Waals surface area contributed by atoms with Crippen LogP contribution in [-0.4, -0.2) is 22.8 Å². The van der Waals surface area contributed by atoms with Crippen molar-refractivity contribution in [1.29, 1.82) is 0 Å². The maximum Gasteiger partial charge on any atom is 0.144 e. The third-order valence-electron chi connectivity index (χ3n) is 4.28. The molecule has 1 fully saturated rings. The second-order valence-electron chi connectivity index (χ2n) is 5.75. The molecule has 0 amide bonds. The number of halogens is 1. The van der Waals surface area contributed by atoms with E-state index in [4.69, 9.17) is 9.73 Å². The van der Waals surface area contributed by atoms with Crippen LogP contribution in [0.1, 0.15) is 31.4 Å². The number of nitrogens with zero attached hydrogens (tertiary/aromatic N) is 1. The standard InChI is InChI=1S/C18H19N3O.ClH/c1-22-18-11-16(15-7-4-8-19-15)21-17(18)10-13-9-12-5-2-3-6-14(12)20-13;/h4,7-11,19,21H,2-3,5-6H2,1H3;1H. The maximum atomic E-state index is 5.49. The van der Waals surface area contributed by atoms with Gasteiger partial charge in [0.05, 0.1) is 29.9 Å². The minimum atomic E-state index is 0. The molecule has 0 unspecified atom stereocenters. The number of nitrogens with one attached hydrogen (secondary N) is 2. The van der Waals surface area contributed by atoms with Crippen molar-refractivity contribution in [3.05, 3.63) is 47.4 Å². The largest absolute Gasteiger partial charge is 0.494 e. The van der Waals surface area contributed by atoms with Crippen LogP contribution in [0, 0.1) is 0 Å². The van der Waals surface area contributed by atoms with Gasteiger partial charge in [-0.1, -0.05) is 0 Å². The molecule has 0 spiro atoms. The molecule has 23 heavy (non-hydrogen) atoms. The van der Waals surface area contributed by atoms with Crippen molar-refractivity contribution in [2.24, 2.45) is 4.99 Å². The van der Waals surface area contributed by atoms with E-state index in [-0.39, 0.29) is 12.4 Å². The number of aliphatic imine (C=N–C) groups is 1. The van der Waals surface area contributed by atoms with E-state index in [1.807, 2.05) is 24.4 Å². The van der Waals surface area contributed by atoms with Gasteiger partial charge in [0.1, 0.15) is 5.75 Å². The number of hydrogen-bond donors (Lipinski definition) is 2. The number of ether oxygens (including phenoxy) is 1. The van der Waals surface area contributed by atoms with Crippen LogP contribution in [0.15, 0.2) is 46.7 Å². The van der Waals surface area contributed by atoms with Crippen LogP contribution in [-0.2, 0) is 0 Å².